The maximum atomic E-state index is 12.9. The second-order valence-corrected chi connectivity index (χ2v) is 7.69. The number of benzene rings is 1. The van der Waals surface area contributed by atoms with Gasteiger partial charge in [-0.2, -0.15) is 10.4 Å². The summed E-state index contributed by atoms with van der Waals surface area (Å²) in [5, 5.41) is 13.6. The van der Waals surface area contributed by atoms with E-state index in [1.165, 1.54) is 0 Å². The number of carbonyl (C=O) groups excluding carboxylic acids is 1. The fourth-order valence-corrected chi connectivity index (χ4v) is 4.16. The summed E-state index contributed by atoms with van der Waals surface area (Å²) in [4.78, 5) is 21.0. The van der Waals surface area contributed by atoms with Gasteiger partial charge in [0.1, 0.15) is 18.2 Å². The van der Waals surface area contributed by atoms with Crippen molar-refractivity contribution in [2.75, 3.05) is 19.6 Å². The molecule has 2 aromatic rings. The largest absolute Gasteiger partial charge is 0.326 e. The van der Waals surface area contributed by atoms with Crippen LogP contribution in [0.3, 0.4) is 0 Å². The molecule has 1 aromatic heterocycles. The Morgan fingerprint density at radius 1 is 1.32 bits per heavy atom. The molecule has 0 bridgehead atoms. The monoisotopic (exact) mass is 379 g/mol. The van der Waals surface area contributed by atoms with Crippen molar-refractivity contribution in [3.63, 3.8) is 0 Å². The molecule has 1 aromatic carbocycles. The highest BCUT2D eigenvalue weighted by atomic mass is 16.2. The lowest BCUT2D eigenvalue weighted by Crippen LogP contribution is -2.45. The van der Waals surface area contributed by atoms with Crippen molar-refractivity contribution in [3.05, 3.63) is 42.0 Å². The lowest BCUT2D eigenvalue weighted by molar-refractivity contribution is -0.135. The van der Waals surface area contributed by atoms with Crippen molar-refractivity contribution >= 4 is 5.91 Å². The zero-order valence-electron chi connectivity index (χ0n) is 16.0. The molecule has 8 heteroatoms. The first-order chi connectivity index (χ1) is 13.5. The molecule has 1 amide bonds. The Hall–Kier alpha value is -2.76. The summed E-state index contributed by atoms with van der Waals surface area (Å²) in [6, 6.07) is 9.94. The van der Waals surface area contributed by atoms with Crippen LogP contribution in [0.2, 0.25) is 0 Å². The molecule has 0 unspecified atom stereocenters. The lowest BCUT2D eigenvalue weighted by atomic mass is 10.0. The number of carbonyl (C=O) groups is 1. The maximum absolute atomic E-state index is 12.9. The van der Waals surface area contributed by atoms with E-state index in [9.17, 15) is 10.1 Å². The van der Waals surface area contributed by atoms with Crippen LogP contribution in [0.5, 0.6) is 0 Å². The van der Waals surface area contributed by atoms with E-state index in [0.29, 0.717) is 19.6 Å². The zero-order valence-corrected chi connectivity index (χ0v) is 16.0. The SMILES string of the molecule is Cc1ncn(-c2ccc(CN3C[C@H](N)[C@H](C(=O)N4CCC[C@H]4C#N)C3)cc2)n1. The summed E-state index contributed by atoms with van der Waals surface area (Å²) >= 11 is 0. The molecule has 28 heavy (non-hydrogen) atoms. The molecule has 2 N–H and O–H groups in total. The van der Waals surface area contributed by atoms with Gasteiger partial charge in [-0.3, -0.25) is 9.69 Å². The fraction of sp³-hybridized carbons (Fsp3) is 0.500. The summed E-state index contributed by atoms with van der Waals surface area (Å²) in [5.41, 5.74) is 8.42. The molecule has 3 heterocycles. The van der Waals surface area contributed by atoms with Crippen molar-refractivity contribution in [2.45, 2.75) is 38.4 Å². The van der Waals surface area contributed by atoms with Crippen molar-refractivity contribution in [2.24, 2.45) is 11.7 Å². The van der Waals surface area contributed by atoms with Crippen molar-refractivity contribution in [3.8, 4) is 11.8 Å². The maximum Gasteiger partial charge on any atom is 0.229 e. The smallest absolute Gasteiger partial charge is 0.229 e. The van der Waals surface area contributed by atoms with E-state index >= 15 is 0 Å². The minimum Gasteiger partial charge on any atom is -0.326 e. The van der Waals surface area contributed by atoms with Gasteiger partial charge in [0.05, 0.1) is 17.7 Å². The highest BCUT2D eigenvalue weighted by molar-refractivity contribution is 5.81. The van der Waals surface area contributed by atoms with Crippen LogP contribution < -0.4 is 5.73 Å². The van der Waals surface area contributed by atoms with E-state index in [-0.39, 0.29) is 23.9 Å². The number of hydrogen-bond acceptors (Lipinski definition) is 6. The molecule has 2 aliphatic heterocycles. The van der Waals surface area contributed by atoms with Crippen LogP contribution in [0.25, 0.3) is 5.69 Å². The highest BCUT2D eigenvalue weighted by Gasteiger charge is 2.40. The quantitative estimate of drug-likeness (QED) is 0.845. The van der Waals surface area contributed by atoms with Gasteiger partial charge in [-0.25, -0.2) is 9.67 Å². The lowest BCUT2D eigenvalue weighted by Gasteiger charge is -2.25. The molecule has 0 radical (unpaired) electrons. The van der Waals surface area contributed by atoms with Crippen LogP contribution in [0.1, 0.15) is 24.2 Å². The predicted molar refractivity (Wildman–Crippen MR) is 103 cm³/mol. The molecule has 2 saturated heterocycles. The van der Waals surface area contributed by atoms with E-state index in [1.807, 2.05) is 19.1 Å². The molecular weight excluding hydrogens is 354 g/mol. The molecular formula is C20H25N7O. The third-order valence-electron chi connectivity index (χ3n) is 5.66. The van der Waals surface area contributed by atoms with E-state index < -0.39 is 0 Å². The molecule has 2 fully saturated rings. The van der Waals surface area contributed by atoms with Gasteiger partial charge in [-0.15, -0.1) is 0 Å². The van der Waals surface area contributed by atoms with E-state index in [2.05, 4.69) is 33.2 Å². The van der Waals surface area contributed by atoms with Crippen LogP contribution in [-0.2, 0) is 11.3 Å². The van der Waals surface area contributed by atoms with Crippen molar-refractivity contribution in [1.29, 1.82) is 5.26 Å². The van der Waals surface area contributed by atoms with Gasteiger partial charge < -0.3 is 10.6 Å². The topological polar surface area (TPSA) is 104 Å². The summed E-state index contributed by atoms with van der Waals surface area (Å²) in [5.74, 6) is 0.546. The van der Waals surface area contributed by atoms with Crippen LogP contribution in [0.15, 0.2) is 30.6 Å². The summed E-state index contributed by atoms with van der Waals surface area (Å²) < 4.78 is 1.75. The number of nitrogens with zero attached hydrogens (tertiary/aromatic N) is 6. The summed E-state index contributed by atoms with van der Waals surface area (Å²) in [6.45, 7) is 4.60. The second kappa shape index (κ2) is 7.70. The second-order valence-electron chi connectivity index (χ2n) is 7.69. The Bertz CT molecular complexity index is 885. The van der Waals surface area contributed by atoms with Crippen molar-refractivity contribution < 1.29 is 4.79 Å². The molecule has 0 saturated carbocycles. The van der Waals surface area contributed by atoms with Gasteiger partial charge in [0.25, 0.3) is 0 Å². The molecule has 8 nitrogen and oxygen atoms in total. The standard InChI is InChI=1S/C20H25N7O/c1-14-23-13-27(24-14)16-6-4-15(5-7-16)10-25-11-18(19(22)12-25)20(28)26-8-2-3-17(26)9-21/h4-7,13,17-19H,2-3,8,10-12,22H2,1H3/t17-,18+,19-/m0/s1. The Labute approximate surface area is 164 Å². The van der Waals surface area contributed by atoms with Crippen LogP contribution in [0, 0.1) is 24.2 Å². The van der Waals surface area contributed by atoms with Gasteiger partial charge in [0.15, 0.2) is 0 Å². The fourth-order valence-electron chi connectivity index (χ4n) is 4.16. The average Bonchev–Trinajstić information content (AvgIpc) is 3.41. The molecule has 2 aliphatic rings. The van der Waals surface area contributed by atoms with Gasteiger partial charge in [-0.05, 0) is 37.5 Å². The van der Waals surface area contributed by atoms with Gasteiger partial charge in [-0.1, -0.05) is 12.1 Å². The van der Waals surface area contributed by atoms with Crippen molar-refractivity contribution in [1.82, 2.24) is 24.6 Å². The number of amides is 1. The minimum atomic E-state index is -0.290. The normalized spacial score (nSPS) is 25.2. The molecule has 0 aliphatic carbocycles. The molecule has 146 valence electrons. The first-order valence-electron chi connectivity index (χ1n) is 9.71. The molecule has 3 atom stereocenters. The third kappa shape index (κ3) is 3.63. The van der Waals surface area contributed by atoms with Gasteiger partial charge in [0.2, 0.25) is 5.91 Å². The number of nitriles is 1. The Morgan fingerprint density at radius 3 is 2.79 bits per heavy atom. The van der Waals surface area contributed by atoms with Crippen LogP contribution >= 0.6 is 0 Å². The van der Waals surface area contributed by atoms with Gasteiger partial charge in [0, 0.05) is 32.2 Å². The number of likely N-dealkylation sites (tertiary alicyclic amines) is 2. The Kier molecular flexibility index (Phi) is 5.11. The predicted octanol–water partition coefficient (Wildman–Crippen LogP) is 0.849. The number of aromatic nitrogens is 3. The van der Waals surface area contributed by atoms with Crippen LogP contribution in [-0.4, -0.2) is 62.2 Å². The summed E-state index contributed by atoms with van der Waals surface area (Å²) in [7, 11) is 0. The van der Waals surface area contributed by atoms with Crippen LogP contribution in [0.4, 0.5) is 0 Å². The van der Waals surface area contributed by atoms with E-state index in [0.717, 1.165) is 36.5 Å². The third-order valence-corrected chi connectivity index (χ3v) is 5.66. The zero-order chi connectivity index (χ0) is 19.7. The number of rotatable bonds is 4. The minimum absolute atomic E-state index is 0.0379. The molecule has 4 rings (SSSR count). The summed E-state index contributed by atoms with van der Waals surface area (Å²) in [6.07, 6.45) is 3.37. The first-order valence-corrected chi connectivity index (χ1v) is 9.71. The Balaban J connectivity index is 1.38. The van der Waals surface area contributed by atoms with E-state index in [4.69, 9.17) is 5.73 Å². The Morgan fingerprint density at radius 2 is 2.11 bits per heavy atom. The number of aryl methyl sites for hydroxylation is 1. The number of hydrogen-bond donors (Lipinski definition) is 1. The highest BCUT2D eigenvalue weighted by Crippen LogP contribution is 2.25. The van der Waals surface area contributed by atoms with Gasteiger partial charge >= 0.3 is 0 Å². The average molecular weight is 379 g/mol. The molecule has 0 spiro atoms. The van der Waals surface area contributed by atoms with E-state index in [1.54, 1.807) is 15.9 Å². The first kappa shape index (κ1) is 18.6. The number of nitrogens with two attached hydrogens (primary N) is 1.